The molecule has 4 rings (SSSR count). The fourth-order valence-corrected chi connectivity index (χ4v) is 4.22. The van der Waals surface area contributed by atoms with E-state index in [9.17, 15) is 9.59 Å². The van der Waals surface area contributed by atoms with Crippen LogP contribution < -0.4 is 5.32 Å². The van der Waals surface area contributed by atoms with Crippen LogP contribution in [0.1, 0.15) is 18.4 Å². The zero-order chi connectivity index (χ0) is 18.9. The number of piperazine rings is 1. The van der Waals surface area contributed by atoms with Crippen molar-refractivity contribution in [2.45, 2.75) is 18.4 Å². The average molecular weight is 372 g/mol. The summed E-state index contributed by atoms with van der Waals surface area (Å²) in [6.07, 6.45) is 1.96. The summed E-state index contributed by atoms with van der Waals surface area (Å²) in [4.78, 5) is 32.1. The molecule has 1 N–H and O–H groups in total. The molecule has 3 amide bonds. The van der Waals surface area contributed by atoms with Gasteiger partial charge in [0.05, 0.1) is 13.3 Å². The molecule has 7 nitrogen and oxygen atoms in total. The number of nitrogens with zero attached hydrogens (tertiary/aromatic N) is 3. The molecule has 0 spiro atoms. The third-order valence-electron chi connectivity index (χ3n) is 5.97. The highest BCUT2D eigenvalue weighted by atomic mass is 16.5. The lowest BCUT2D eigenvalue weighted by molar-refractivity contribution is -0.134. The highest BCUT2D eigenvalue weighted by Gasteiger charge is 2.60. The molecule has 1 aromatic carbocycles. The van der Waals surface area contributed by atoms with Gasteiger partial charge in [-0.3, -0.25) is 14.6 Å². The first-order valence-electron chi connectivity index (χ1n) is 9.78. The van der Waals surface area contributed by atoms with Crippen LogP contribution in [0.4, 0.5) is 4.79 Å². The summed E-state index contributed by atoms with van der Waals surface area (Å²) in [5.41, 5.74) is 0.0243. The lowest BCUT2D eigenvalue weighted by Gasteiger charge is -2.36. The Bertz CT molecular complexity index is 686. The number of benzene rings is 1. The predicted molar refractivity (Wildman–Crippen MR) is 101 cm³/mol. The van der Waals surface area contributed by atoms with Crippen LogP contribution in [-0.2, 0) is 15.1 Å². The summed E-state index contributed by atoms with van der Waals surface area (Å²) in [7, 11) is 1.71. The zero-order valence-electron chi connectivity index (χ0n) is 15.9. The molecule has 1 aromatic rings. The SMILES string of the molecule is COCCN1CCN(CN2C(=O)NC(c3ccccc3)(C3CC3)C2=O)CC1. The Morgan fingerprint density at radius 3 is 2.37 bits per heavy atom. The van der Waals surface area contributed by atoms with Crippen molar-refractivity contribution in [2.24, 2.45) is 5.92 Å². The van der Waals surface area contributed by atoms with Gasteiger partial charge in [-0.2, -0.15) is 0 Å². The van der Waals surface area contributed by atoms with E-state index in [1.54, 1.807) is 7.11 Å². The molecule has 2 aliphatic heterocycles. The minimum atomic E-state index is -0.876. The molecular weight excluding hydrogens is 344 g/mol. The Kier molecular flexibility index (Phi) is 5.16. The van der Waals surface area contributed by atoms with Gasteiger partial charge in [-0.25, -0.2) is 9.69 Å². The van der Waals surface area contributed by atoms with Crippen molar-refractivity contribution >= 4 is 11.9 Å². The van der Waals surface area contributed by atoms with Crippen molar-refractivity contribution in [1.82, 2.24) is 20.0 Å². The number of nitrogens with one attached hydrogen (secondary N) is 1. The number of amides is 3. The van der Waals surface area contributed by atoms with Gasteiger partial charge in [-0.05, 0) is 24.3 Å². The van der Waals surface area contributed by atoms with Gasteiger partial charge >= 0.3 is 6.03 Å². The Labute approximate surface area is 160 Å². The van der Waals surface area contributed by atoms with Gasteiger partial charge in [0.2, 0.25) is 0 Å². The second-order valence-corrected chi connectivity index (χ2v) is 7.71. The van der Waals surface area contributed by atoms with Gasteiger partial charge in [0.15, 0.2) is 0 Å². The number of carbonyl (C=O) groups is 2. The van der Waals surface area contributed by atoms with E-state index in [-0.39, 0.29) is 17.9 Å². The Morgan fingerprint density at radius 1 is 1.07 bits per heavy atom. The molecule has 1 unspecified atom stereocenters. The number of carbonyl (C=O) groups excluding carboxylic acids is 2. The second kappa shape index (κ2) is 7.58. The zero-order valence-corrected chi connectivity index (χ0v) is 15.9. The van der Waals surface area contributed by atoms with E-state index in [0.717, 1.165) is 57.7 Å². The minimum Gasteiger partial charge on any atom is -0.383 e. The third kappa shape index (κ3) is 3.47. The van der Waals surface area contributed by atoms with Gasteiger partial charge in [0.1, 0.15) is 5.54 Å². The van der Waals surface area contributed by atoms with Crippen LogP contribution in [0.3, 0.4) is 0 Å². The number of ether oxygens (including phenoxy) is 1. The first-order valence-corrected chi connectivity index (χ1v) is 9.78. The molecule has 0 aromatic heterocycles. The summed E-state index contributed by atoms with van der Waals surface area (Å²) in [6.45, 7) is 5.58. The van der Waals surface area contributed by atoms with Crippen LogP contribution in [0, 0.1) is 5.92 Å². The van der Waals surface area contributed by atoms with Crippen LogP contribution in [-0.4, -0.2) is 79.7 Å². The number of urea groups is 1. The number of hydrogen-bond acceptors (Lipinski definition) is 5. The van der Waals surface area contributed by atoms with E-state index >= 15 is 0 Å². The summed E-state index contributed by atoms with van der Waals surface area (Å²) >= 11 is 0. The fraction of sp³-hybridized carbons (Fsp3) is 0.600. The lowest BCUT2D eigenvalue weighted by atomic mass is 9.85. The lowest BCUT2D eigenvalue weighted by Crippen LogP contribution is -2.52. The summed E-state index contributed by atoms with van der Waals surface area (Å²) in [5.74, 6) is 0.107. The fourth-order valence-electron chi connectivity index (χ4n) is 4.22. The molecule has 0 bridgehead atoms. The van der Waals surface area contributed by atoms with Crippen LogP contribution in [0.25, 0.3) is 0 Å². The molecule has 1 saturated carbocycles. The molecule has 2 saturated heterocycles. The van der Waals surface area contributed by atoms with Gasteiger partial charge in [0.25, 0.3) is 5.91 Å². The van der Waals surface area contributed by atoms with E-state index in [4.69, 9.17) is 4.74 Å². The average Bonchev–Trinajstić information content (AvgIpc) is 3.52. The Balaban J connectivity index is 1.44. The van der Waals surface area contributed by atoms with Crippen LogP contribution in [0.5, 0.6) is 0 Å². The minimum absolute atomic E-state index is 0.0944. The molecule has 2 heterocycles. The largest absolute Gasteiger partial charge is 0.383 e. The highest BCUT2D eigenvalue weighted by molar-refractivity contribution is 6.07. The first-order chi connectivity index (χ1) is 13.1. The van der Waals surface area contributed by atoms with Crippen molar-refractivity contribution in [2.75, 3.05) is 53.1 Å². The molecule has 0 radical (unpaired) electrons. The Hall–Kier alpha value is -1.96. The van der Waals surface area contributed by atoms with Crippen molar-refractivity contribution in [3.05, 3.63) is 35.9 Å². The third-order valence-corrected chi connectivity index (χ3v) is 5.97. The van der Waals surface area contributed by atoms with Crippen LogP contribution >= 0.6 is 0 Å². The summed E-state index contributed by atoms with van der Waals surface area (Å²) in [6, 6.07) is 9.44. The summed E-state index contributed by atoms with van der Waals surface area (Å²) in [5, 5.41) is 3.06. The first kappa shape index (κ1) is 18.4. The van der Waals surface area contributed by atoms with Crippen LogP contribution in [0.15, 0.2) is 30.3 Å². The number of imide groups is 1. The van der Waals surface area contributed by atoms with E-state index in [1.165, 1.54) is 4.90 Å². The van der Waals surface area contributed by atoms with Gasteiger partial charge in [-0.15, -0.1) is 0 Å². The molecular formula is C20H28N4O3. The number of hydrogen-bond donors (Lipinski definition) is 1. The van der Waals surface area contributed by atoms with E-state index in [2.05, 4.69) is 15.1 Å². The molecule has 1 aliphatic carbocycles. The highest BCUT2D eigenvalue weighted by Crippen LogP contribution is 2.48. The van der Waals surface area contributed by atoms with Gasteiger partial charge < -0.3 is 10.1 Å². The molecule has 1 atom stereocenters. The van der Waals surface area contributed by atoms with Crippen molar-refractivity contribution < 1.29 is 14.3 Å². The maximum Gasteiger partial charge on any atom is 0.326 e. The quantitative estimate of drug-likeness (QED) is 0.726. The number of rotatable bonds is 7. The second-order valence-electron chi connectivity index (χ2n) is 7.71. The molecule has 146 valence electrons. The topological polar surface area (TPSA) is 65.1 Å². The predicted octanol–water partition coefficient (Wildman–Crippen LogP) is 1.07. The maximum atomic E-state index is 13.4. The van der Waals surface area contributed by atoms with Gasteiger partial charge in [-0.1, -0.05) is 30.3 Å². The Morgan fingerprint density at radius 2 is 1.74 bits per heavy atom. The van der Waals surface area contributed by atoms with E-state index in [1.807, 2.05) is 30.3 Å². The normalized spacial score (nSPS) is 27.2. The molecule has 3 aliphatic rings. The number of methoxy groups -OCH3 is 1. The standard InChI is InChI=1S/C20H28N4O3/c1-27-14-13-22-9-11-23(12-10-22)15-24-18(25)20(17-7-8-17,21-19(24)26)16-5-3-2-4-6-16/h2-6,17H,7-15H2,1H3,(H,21,26). The monoisotopic (exact) mass is 372 g/mol. The molecule has 3 fully saturated rings. The molecule has 27 heavy (non-hydrogen) atoms. The summed E-state index contributed by atoms with van der Waals surface area (Å²) < 4.78 is 5.14. The molecule has 7 heteroatoms. The van der Waals surface area contributed by atoms with E-state index < -0.39 is 5.54 Å². The van der Waals surface area contributed by atoms with Gasteiger partial charge in [0, 0.05) is 39.8 Å². The van der Waals surface area contributed by atoms with Crippen LogP contribution in [0.2, 0.25) is 0 Å². The maximum absolute atomic E-state index is 13.4. The van der Waals surface area contributed by atoms with Crippen molar-refractivity contribution in [1.29, 1.82) is 0 Å². The van der Waals surface area contributed by atoms with E-state index in [0.29, 0.717) is 6.67 Å². The van der Waals surface area contributed by atoms with Crippen molar-refractivity contribution in [3.63, 3.8) is 0 Å². The smallest absolute Gasteiger partial charge is 0.326 e. The van der Waals surface area contributed by atoms with Crippen molar-refractivity contribution in [3.8, 4) is 0 Å².